The van der Waals surface area contributed by atoms with E-state index in [1.165, 1.54) is 19.3 Å². The summed E-state index contributed by atoms with van der Waals surface area (Å²) in [6.45, 7) is 9.00. The van der Waals surface area contributed by atoms with E-state index in [0.29, 0.717) is 12.3 Å². The van der Waals surface area contributed by atoms with Crippen molar-refractivity contribution < 1.29 is 9.59 Å². The maximum Gasteiger partial charge on any atom is 0.246 e. The molecule has 114 valence electrons. The minimum Gasteiger partial charge on any atom is -0.342 e. The minimum absolute atomic E-state index is 0.0249. The fourth-order valence-electron chi connectivity index (χ4n) is 3.63. The third-order valence-corrected chi connectivity index (χ3v) is 4.84. The van der Waals surface area contributed by atoms with E-state index in [0.717, 1.165) is 12.5 Å². The normalized spacial score (nSPS) is 34.8. The van der Waals surface area contributed by atoms with Gasteiger partial charge in [-0.15, -0.1) is 0 Å². The summed E-state index contributed by atoms with van der Waals surface area (Å²) >= 11 is 0. The molecule has 2 fully saturated rings. The van der Waals surface area contributed by atoms with Gasteiger partial charge in [0.25, 0.3) is 0 Å². The molecule has 2 rings (SSSR count). The predicted octanol–water partition coefficient (Wildman–Crippen LogP) is 2.18. The van der Waals surface area contributed by atoms with Crippen molar-refractivity contribution >= 4 is 11.8 Å². The van der Waals surface area contributed by atoms with Crippen molar-refractivity contribution in [3.8, 4) is 0 Å². The molecule has 1 heterocycles. The highest BCUT2D eigenvalue weighted by Gasteiger charge is 2.41. The molecular weight excluding hydrogens is 252 g/mol. The molecule has 2 aliphatic rings. The molecular formula is C16H28N2O2. The molecule has 4 nitrogen and oxygen atoms in total. The van der Waals surface area contributed by atoms with Crippen molar-refractivity contribution in [2.75, 3.05) is 6.54 Å². The predicted molar refractivity (Wildman–Crippen MR) is 79.1 cm³/mol. The first-order valence-electron chi connectivity index (χ1n) is 8.04. The van der Waals surface area contributed by atoms with Crippen LogP contribution in [0.4, 0.5) is 0 Å². The Morgan fingerprint density at radius 2 is 2.00 bits per heavy atom. The van der Waals surface area contributed by atoms with Crippen LogP contribution in [0.15, 0.2) is 0 Å². The highest BCUT2D eigenvalue weighted by molar-refractivity contribution is 5.97. The first kappa shape index (κ1) is 15.3. The molecule has 1 aliphatic heterocycles. The quantitative estimate of drug-likeness (QED) is 0.858. The summed E-state index contributed by atoms with van der Waals surface area (Å²) in [5, 5.41) is 2.90. The van der Waals surface area contributed by atoms with Gasteiger partial charge in [-0.05, 0) is 37.0 Å². The molecule has 0 spiro atoms. The Kier molecular flexibility index (Phi) is 4.71. The minimum atomic E-state index is -0.343. The number of hydrogen-bond donors (Lipinski definition) is 1. The van der Waals surface area contributed by atoms with Crippen molar-refractivity contribution in [1.82, 2.24) is 10.2 Å². The molecule has 4 heteroatoms. The Labute approximate surface area is 122 Å². The van der Waals surface area contributed by atoms with Crippen LogP contribution in [0.3, 0.4) is 0 Å². The number of amides is 2. The Hall–Kier alpha value is -1.06. The molecule has 0 radical (unpaired) electrons. The molecule has 1 saturated carbocycles. The van der Waals surface area contributed by atoms with E-state index in [-0.39, 0.29) is 29.8 Å². The molecule has 1 saturated heterocycles. The van der Waals surface area contributed by atoms with Gasteiger partial charge >= 0.3 is 0 Å². The molecule has 0 bridgehead atoms. The summed E-state index contributed by atoms with van der Waals surface area (Å²) < 4.78 is 0. The van der Waals surface area contributed by atoms with E-state index in [2.05, 4.69) is 12.2 Å². The highest BCUT2D eigenvalue weighted by atomic mass is 16.2. The third kappa shape index (κ3) is 2.99. The van der Waals surface area contributed by atoms with E-state index in [9.17, 15) is 9.59 Å². The molecule has 0 aromatic rings. The van der Waals surface area contributed by atoms with E-state index in [1.54, 1.807) is 0 Å². The van der Waals surface area contributed by atoms with Gasteiger partial charge in [0, 0.05) is 6.54 Å². The number of hydrogen-bond acceptors (Lipinski definition) is 2. The molecule has 20 heavy (non-hydrogen) atoms. The van der Waals surface area contributed by atoms with Gasteiger partial charge in [-0.1, -0.05) is 34.1 Å². The molecule has 4 unspecified atom stereocenters. The standard InChI is InChI=1S/C16H28N2O2/c1-5-13-15(19)17-14(10(2)3)16(20)18(13)9-12-7-6-11(4)8-12/h10-14H,5-9H2,1-4H3,(H,17,19). The van der Waals surface area contributed by atoms with Crippen molar-refractivity contribution in [3.05, 3.63) is 0 Å². The summed E-state index contributed by atoms with van der Waals surface area (Å²) in [7, 11) is 0. The molecule has 1 aliphatic carbocycles. The Bertz CT molecular complexity index is 381. The molecule has 4 atom stereocenters. The van der Waals surface area contributed by atoms with Gasteiger partial charge in [-0.3, -0.25) is 9.59 Å². The largest absolute Gasteiger partial charge is 0.342 e. The number of rotatable bonds is 4. The van der Waals surface area contributed by atoms with Crippen LogP contribution in [0, 0.1) is 17.8 Å². The Morgan fingerprint density at radius 3 is 2.50 bits per heavy atom. The average molecular weight is 280 g/mol. The second-order valence-electron chi connectivity index (χ2n) is 6.93. The van der Waals surface area contributed by atoms with Gasteiger partial charge in [0.1, 0.15) is 12.1 Å². The van der Waals surface area contributed by atoms with Crippen LogP contribution in [0.1, 0.15) is 53.4 Å². The smallest absolute Gasteiger partial charge is 0.246 e. The summed E-state index contributed by atoms with van der Waals surface area (Å²) in [4.78, 5) is 26.8. The van der Waals surface area contributed by atoms with Gasteiger partial charge in [0.05, 0.1) is 0 Å². The van der Waals surface area contributed by atoms with Gasteiger partial charge in [-0.25, -0.2) is 0 Å². The van der Waals surface area contributed by atoms with Crippen LogP contribution in [-0.4, -0.2) is 35.3 Å². The number of piperazine rings is 1. The van der Waals surface area contributed by atoms with Gasteiger partial charge in [0.2, 0.25) is 11.8 Å². The van der Waals surface area contributed by atoms with Crippen LogP contribution >= 0.6 is 0 Å². The summed E-state index contributed by atoms with van der Waals surface area (Å²) in [5.41, 5.74) is 0. The molecule has 0 aromatic heterocycles. The monoisotopic (exact) mass is 280 g/mol. The second kappa shape index (κ2) is 6.15. The van der Waals surface area contributed by atoms with Crippen molar-refractivity contribution in [1.29, 1.82) is 0 Å². The van der Waals surface area contributed by atoms with Crippen molar-refractivity contribution in [2.45, 2.75) is 65.5 Å². The Morgan fingerprint density at radius 1 is 1.30 bits per heavy atom. The summed E-state index contributed by atoms with van der Waals surface area (Å²) in [5.74, 6) is 1.62. The maximum atomic E-state index is 12.7. The SMILES string of the molecule is CCC1C(=O)NC(C(C)C)C(=O)N1CC1CCC(C)C1. The second-order valence-corrected chi connectivity index (χ2v) is 6.93. The molecule has 0 aromatic carbocycles. The fraction of sp³-hybridized carbons (Fsp3) is 0.875. The lowest BCUT2D eigenvalue weighted by Crippen LogP contribution is -2.65. The van der Waals surface area contributed by atoms with E-state index in [1.807, 2.05) is 25.7 Å². The number of nitrogens with zero attached hydrogens (tertiary/aromatic N) is 1. The topological polar surface area (TPSA) is 49.4 Å². The first-order valence-corrected chi connectivity index (χ1v) is 8.04. The van der Waals surface area contributed by atoms with Crippen LogP contribution < -0.4 is 5.32 Å². The maximum absolute atomic E-state index is 12.7. The van der Waals surface area contributed by atoms with Crippen LogP contribution in [0.2, 0.25) is 0 Å². The highest BCUT2D eigenvalue weighted by Crippen LogP contribution is 2.32. The Balaban J connectivity index is 2.12. The zero-order chi connectivity index (χ0) is 14.9. The number of carbonyl (C=O) groups is 2. The summed E-state index contributed by atoms with van der Waals surface area (Å²) in [6.07, 6.45) is 4.33. The van der Waals surface area contributed by atoms with Crippen LogP contribution in [0.25, 0.3) is 0 Å². The molecule has 2 amide bonds. The zero-order valence-corrected chi connectivity index (χ0v) is 13.2. The fourth-order valence-corrected chi connectivity index (χ4v) is 3.63. The lowest BCUT2D eigenvalue weighted by Gasteiger charge is -2.41. The van der Waals surface area contributed by atoms with E-state index < -0.39 is 0 Å². The van der Waals surface area contributed by atoms with Crippen LogP contribution in [-0.2, 0) is 9.59 Å². The van der Waals surface area contributed by atoms with E-state index in [4.69, 9.17) is 0 Å². The van der Waals surface area contributed by atoms with Crippen LogP contribution in [0.5, 0.6) is 0 Å². The average Bonchev–Trinajstić information content (AvgIpc) is 2.79. The van der Waals surface area contributed by atoms with Gasteiger partial charge in [-0.2, -0.15) is 0 Å². The van der Waals surface area contributed by atoms with E-state index >= 15 is 0 Å². The first-order chi connectivity index (χ1) is 9.43. The lowest BCUT2D eigenvalue weighted by molar-refractivity contribution is -0.151. The zero-order valence-electron chi connectivity index (χ0n) is 13.2. The third-order valence-electron chi connectivity index (χ3n) is 4.84. The molecule has 1 N–H and O–H groups in total. The lowest BCUT2D eigenvalue weighted by atomic mass is 9.95. The number of carbonyl (C=O) groups excluding carboxylic acids is 2. The number of nitrogens with one attached hydrogen (secondary N) is 1. The van der Waals surface area contributed by atoms with Gasteiger partial charge in [0.15, 0.2) is 0 Å². The summed E-state index contributed by atoms with van der Waals surface area (Å²) in [6, 6.07) is -0.613. The van der Waals surface area contributed by atoms with Crippen molar-refractivity contribution in [2.24, 2.45) is 17.8 Å². The van der Waals surface area contributed by atoms with Gasteiger partial charge < -0.3 is 10.2 Å². The van der Waals surface area contributed by atoms with Crippen molar-refractivity contribution in [3.63, 3.8) is 0 Å².